The molecule has 17 heavy (non-hydrogen) atoms. The van der Waals surface area contributed by atoms with Crippen molar-refractivity contribution < 1.29 is 0 Å². The molecule has 1 N–H and O–H groups in total. The number of aromatic nitrogens is 1. The Morgan fingerprint density at radius 1 is 1.41 bits per heavy atom. The lowest BCUT2D eigenvalue weighted by Gasteiger charge is -2.05. The van der Waals surface area contributed by atoms with Gasteiger partial charge in [-0.15, -0.1) is 0 Å². The summed E-state index contributed by atoms with van der Waals surface area (Å²) in [6.07, 6.45) is 0.807. The molecule has 0 unspecified atom stereocenters. The fourth-order valence-electron chi connectivity index (χ4n) is 1.88. The van der Waals surface area contributed by atoms with Crippen molar-refractivity contribution in [3.05, 3.63) is 44.7 Å². The highest BCUT2D eigenvalue weighted by molar-refractivity contribution is 6.31. The van der Waals surface area contributed by atoms with Gasteiger partial charge in [-0.25, -0.2) is 0 Å². The second-order valence-electron chi connectivity index (χ2n) is 3.97. The summed E-state index contributed by atoms with van der Waals surface area (Å²) in [4.78, 5) is 14.6. The molecule has 0 amide bonds. The number of aromatic amines is 1. The van der Waals surface area contributed by atoms with Gasteiger partial charge in [0.1, 0.15) is 0 Å². The SMILES string of the molecule is Cc1cc(Cl)cc2cc(CCC#N)c(=O)[nH]c12. The van der Waals surface area contributed by atoms with Gasteiger partial charge < -0.3 is 4.98 Å². The molecule has 4 heteroatoms. The highest BCUT2D eigenvalue weighted by atomic mass is 35.5. The Kier molecular flexibility index (Phi) is 3.16. The normalized spacial score (nSPS) is 10.4. The summed E-state index contributed by atoms with van der Waals surface area (Å²) in [7, 11) is 0. The number of hydrogen-bond acceptors (Lipinski definition) is 2. The van der Waals surface area contributed by atoms with Crippen LogP contribution in [0.15, 0.2) is 23.0 Å². The van der Waals surface area contributed by atoms with E-state index < -0.39 is 0 Å². The third kappa shape index (κ3) is 2.32. The molecule has 1 heterocycles. The monoisotopic (exact) mass is 246 g/mol. The first-order valence-corrected chi connectivity index (χ1v) is 5.68. The first-order chi connectivity index (χ1) is 8.11. The number of aryl methyl sites for hydroxylation is 2. The molecule has 0 radical (unpaired) electrons. The number of nitriles is 1. The minimum Gasteiger partial charge on any atom is -0.321 e. The number of fused-ring (bicyclic) bond motifs is 1. The van der Waals surface area contributed by atoms with Crippen molar-refractivity contribution >= 4 is 22.5 Å². The van der Waals surface area contributed by atoms with Crippen LogP contribution in [0.3, 0.4) is 0 Å². The van der Waals surface area contributed by atoms with Crippen LogP contribution in [-0.4, -0.2) is 4.98 Å². The van der Waals surface area contributed by atoms with Gasteiger partial charge in [0.15, 0.2) is 0 Å². The van der Waals surface area contributed by atoms with E-state index in [1.165, 1.54) is 0 Å². The Bertz CT molecular complexity index is 667. The number of rotatable bonds is 2. The number of halogens is 1. The maximum absolute atomic E-state index is 11.8. The van der Waals surface area contributed by atoms with E-state index >= 15 is 0 Å². The van der Waals surface area contributed by atoms with E-state index in [0.717, 1.165) is 16.5 Å². The van der Waals surface area contributed by atoms with Crippen molar-refractivity contribution in [1.82, 2.24) is 4.98 Å². The van der Waals surface area contributed by atoms with Crippen LogP contribution in [0.1, 0.15) is 17.5 Å². The van der Waals surface area contributed by atoms with Crippen molar-refractivity contribution in [3.8, 4) is 6.07 Å². The zero-order valence-corrected chi connectivity index (χ0v) is 10.1. The van der Waals surface area contributed by atoms with Crippen molar-refractivity contribution in [2.24, 2.45) is 0 Å². The Balaban J connectivity index is 2.64. The van der Waals surface area contributed by atoms with Crippen LogP contribution >= 0.6 is 11.6 Å². The van der Waals surface area contributed by atoms with Crippen LogP contribution in [0.5, 0.6) is 0 Å². The lowest BCUT2D eigenvalue weighted by molar-refractivity contribution is 0.983. The van der Waals surface area contributed by atoms with Crippen LogP contribution in [0, 0.1) is 18.3 Å². The van der Waals surface area contributed by atoms with E-state index in [-0.39, 0.29) is 5.56 Å². The molecule has 0 atom stereocenters. The smallest absolute Gasteiger partial charge is 0.251 e. The molecular formula is C13H11ClN2O. The van der Waals surface area contributed by atoms with Gasteiger partial charge >= 0.3 is 0 Å². The van der Waals surface area contributed by atoms with Gasteiger partial charge in [0.25, 0.3) is 5.56 Å². The van der Waals surface area contributed by atoms with Crippen molar-refractivity contribution in [2.75, 3.05) is 0 Å². The van der Waals surface area contributed by atoms with Crippen LogP contribution in [0.2, 0.25) is 5.02 Å². The van der Waals surface area contributed by atoms with Gasteiger partial charge in [-0.05, 0) is 37.1 Å². The molecule has 0 saturated carbocycles. The summed E-state index contributed by atoms with van der Waals surface area (Å²) in [5.74, 6) is 0. The Hall–Kier alpha value is -1.79. The average Bonchev–Trinajstić information content (AvgIpc) is 2.27. The highest BCUT2D eigenvalue weighted by Crippen LogP contribution is 2.21. The van der Waals surface area contributed by atoms with Crippen molar-refractivity contribution in [1.29, 1.82) is 5.26 Å². The Morgan fingerprint density at radius 2 is 2.18 bits per heavy atom. The number of H-pyrrole nitrogens is 1. The molecule has 2 rings (SSSR count). The fraction of sp³-hybridized carbons (Fsp3) is 0.231. The summed E-state index contributed by atoms with van der Waals surface area (Å²) >= 11 is 5.98. The summed E-state index contributed by atoms with van der Waals surface area (Å²) in [6, 6.07) is 7.47. The van der Waals surface area contributed by atoms with Gasteiger partial charge in [-0.1, -0.05) is 11.6 Å². The molecule has 1 aromatic carbocycles. The van der Waals surface area contributed by atoms with Gasteiger partial charge in [0.2, 0.25) is 0 Å². The number of hydrogen-bond donors (Lipinski definition) is 1. The minimum atomic E-state index is -0.127. The summed E-state index contributed by atoms with van der Waals surface area (Å²) in [5.41, 5.74) is 2.25. The predicted octanol–water partition coefficient (Wildman–Crippen LogP) is 2.95. The lowest BCUT2D eigenvalue weighted by Crippen LogP contribution is -2.12. The van der Waals surface area contributed by atoms with Gasteiger partial charge in [-0.2, -0.15) is 5.26 Å². The molecule has 2 aromatic rings. The third-order valence-electron chi connectivity index (χ3n) is 2.70. The highest BCUT2D eigenvalue weighted by Gasteiger charge is 2.05. The molecule has 86 valence electrons. The van der Waals surface area contributed by atoms with E-state index in [9.17, 15) is 4.79 Å². The maximum atomic E-state index is 11.8. The maximum Gasteiger partial charge on any atom is 0.251 e. The van der Waals surface area contributed by atoms with Crippen LogP contribution < -0.4 is 5.56 Å². The summed E-state index contributed by atoms with van der Waals surface area (Å²) < 4.78 is 0. The molecule has 0 aliphatic carbocycles. The first-order valence-electron chi connectivity index (χ1n) is 5.31. The number of benzene rings is 1. The van der Waals surface area contributed by atoms with Crippen molar-refractivity contribution in [3.63, 3.8) is 0 Å². The minimum absolute atomic E-state index is 0.127. The summed E-state index contributed by atoms with van der Waals surface area (Å²) in [6.45, 7) is 1.90. The third-order valence-corrected chi connectivity index (χ3v) is 2.92. The summed E-state index contributed by atoms with van der Waals surface area (Å²) in [5, 5.41) is 10.1. The lowest BCUT2D eigenvalue weighted by atomic mass is 10.1. The second kappa shape index (κ2) is 4.60. The topological polar surface area (TPSA) is 56.6 Å². The number of nitrogens with zero attached hydrogens (tertiary/aromatic N) is 1. The fourth-order valence-corrected chi connectivity index (χ4v) is 2.16. The molecule has 0 aliphatic rings. The van der Waals surface area contributed by atoms with E-state index in [2.05, 4.69) is 4.98 Å². The molecular weight excluding hydrogens is 236 g/mol. The Labute approximate surface area is 104 Å². The van der Waals surface area contributed by atoms with Gasteiger partial charge in [-0.3, -0.25) is 4.79 Å². The van der Waals surface area contributed by atoms with E-state index in [4.69, 9.17) is 16.9 Å². The zero-order valence-electron chi connectivity index (χ0n) is 9.38. The largest absolute Gasteiger partial charge is 0.321 e. The van der Waals surface area contributed by atoms with Crippen LogP contribution in [0.25, 0.3) is 10.9 Å². The molecule has 1 aromatic heterocycles. The second-order valence-corrected chi connectivity index (χ2v) is 4.41. The molecule has 0 fully saturated rings. The Morgan fingerprint density at radius 3 is 2.88 bits per heavy atom. The van der Waals surface area contributed by atoms with Gasteiger partial charge in [0.05, 0.1) is 11.6 Å². The van der Waals surface area contributed by atoms with E-state index in [0.29, 0.717) is 23.4 Å². The average molecular weight is 247 g/mol. The molecule has 3 nitrogen and oxygen atoms in total. The predicted molar refractivity (Wildman–Crippen MR) is 68.2 cm³/mol. The van der Waals surface area contributed by atoms with Gasteiger partial charge in [0, 0.05) is 22.4 Å². The molecule has 0 spiro atoms. The number of pyridine rings is 1. The van der Waals surface area contributed by atoms with E-state index in [1.807, 2.05) is 31.2 Å². The van der Waals surface area contributed by atoms with Crippen LogP contribution in [0.4, 0.5) is 0 Å². The standard InChI is InChI=1S/C13H11ClN2O/c1-8-5-11(14)7-10-6-9(3-2-4-15)13(17)16-12(8)10/h5-7H,2-3H2,1H3,(H,16,17). The zero-order chi connectivity index (χ0) is 12.4. The van der Waals surface area contributed by atoms with E-state index in [1.54, 1.807) is 0 Å². The van der Waals surface area contributed by atoms with Crippen LogP contribution in [-0.2, 0) is 6.42 Å². The molecule has 0 saturated heterocycles. The first kappa shape index (κ1) is 11.7. The molecule has 0 bridgehead atoms. The quantitative estimate of drug-likeness (QED) is 0.886. The van der Waals surface area contributed by atoms with Crippen molar-refractivity contribution in [2.45, 2.75) is 19.8 Å². The molecule has 0 aliphatic heterocycles. The number of nitrogens with one attached hydrogen (secondary N) is 1.